The van der Waals surface area contributed by atoms with Gasteiger partial charge in [-0.2, -0.15) is 0 Å². The quantitative estimate of drug-likeness (QED) is 0.671. The third-order valence-corrected chi connectivity index (χ3v) is 3.87. The molecule has 1 aliphatic rings. The van der Waals surface area contributed by atoms with E-state index in [2.05, 4.69) is 12.8 Å². The van der Waals surface area contributed by atoms with Crippen molar-refractivity contribution in [3.63, 3.8) is 0 Å². The number of terminal acetylenes is 1. The Hall–Kier alpha value is -0.970. The monoisotopic (exact) mass is 235 g/mol. The predicted molar refractivity (Wildman–Crippen MR) is 71.4 cm³/mol. The van der Waals surface area contributed by atoms with Crippen LogP contribution in [0.3, 0.4) is 0 Å². The Morgan fingerprint density at radius 2 is 2.00 bits per heavy atom. The fourth-order valence-electron chi connectivity index (χ4n) is 2.72. The lowest BCUT2D eigenvalue weighted by molar-refractivity contribution is -0.134. The minimum absolute atomic E-state index is 0.228. The largest absolute Gasteiger partial charge is 0.334 e. The highest BCUT2D eigenvalue weighted by Gasteiger charge is 2.27. The van der Waals surface area contributed by atoms with Gasteiger partial charge < -0.3 is 4.90 Å². The van der Waals surface area contributed by atoms with Crippen molar-refractivity contribution < 1.29 is 4.79 Å². The SMILES string of the molecule is C#CCN(C)C(=O)C1CCC(CCCC)CC1. The predicted octanol–water partition coefficient (Wildman–Crippen LogP) is 3.07. The molecule has 0 aromatic heterocycles. The fraction of sp³-hybridized carbons (Fsp3) is 0.800. The fourth-order valence-corrected chi connectivity index (χ4v) is 2.72. The normalized spacial score (nSPS) is 24.1. The highest BCUT2D eigenvalue weighted by molar-refractivity contribution is 5.78. The van der Waals surface area contributed by atoms with Crippen molar-refractivity contribution in [3.8, 4) is 12.3 Å². The first-order chi connectivity index (χ1) is 8.19. The van der Waals surface area contributed by atoms with E-state index in [1.165, 1.54) is 32.1 Å². The van der Waals surface area contributed by atoms with Gasteiger partial charge in [0.1, 0.15) is 0 Å². The van der Waals surface area contributed by atoms with Crippen molar-refractivity contribution in [2.75, 3.05) is 13.6 Å². The number of carbonyl (C=O) groups excluding carboxylic acids is 1. The van der Waals surface area contributed by atoms with Crippen molar-refractivity contribution >= 4 is 5.91 Å². The molecular weight excluding hydrogens is 210 g/mol. The average molecular weight is 235 g/mol. The summed E-state index contributed by atoms with van der Waals surface area (Å²) in [6.07, 6.45) is 13.8. The number of hydrogen-bond donors (Lipinski definition) is 0. The number of rotatable bonds is 5. The smallest absolute Gasteiger partial charge is 0.226 e. The van der Waals surface area contributed by atoms with E-state index in [0.717, 1.165) is 18.8 Å². The van der Waals surface area contributed by atoms with E-state index in [9.17, 15) is 4.79 Å². The van der Waals surface area contributed by atoms with Gasteiger partial charge in [0.25, 0.3) is 0 Å². The zero-order valence-electron chi connectivity index (χ0n) is 11.2. The van der Waals surface area contributed by atoms with Gasteiger partial charge in [-0.05, 0) is 31.6 Å². The first-order valence-corrected chi connectivity index (χ1v) is 6.87. The molecule has 1 saturated carbocycles. The maximum absolute atomic E-state index is 12.0. The second-order valence-corrected chi connectivity index (χ2v) is 5.26. The lowest BCUT2D eigenvalue weighted by Crippen LogP contribution is -2.35. The molecule has 1 aliphatic carbocycles. The van der Waals surface area contributed by atoms with Crippen LogP contribution in [-0.4, -0.2) is 24.4 Å². The lowest BCUT2D eigenvalue weighted by Gasteiger charge is -2.30. The maximum atomic E-state index is 12.0. The van der Waals surface area contributed by atoms with E-state index in [4.69, 9.17) is 6.42 Å². The first kappa shape index (κ1) is 14.1. The van der Waals surface area contributed by atoms with Gasteiger partial charge >= 0.3 is 0 Å². The van der Waals surface area contributed by atoms with Crippen LogP contribution in [0.25, 0.3) is 0 Å². The molecular formula is C15H25NO. The van der Waals surface area contributed by atoms with Gasteiger partial charge in [-0.15, -0.1) is 6.42 Å². The second-order valence-electron chi connectivity index (χ2n) is 5.26. The maximum Gasteiger partial charge on any atom is 0.226 e. The molecule has 2 heteroatoms. The molecule has 0 bridgehead atoms. The molecule has 2 nitrogen and oxygen atoms in total. The van der Waals surface area contributed by atoms with Crippen molar-refractivity contribution in [2.45, 2.75) is 51.9 Å². The van der Waals surface area contributed by atoms with E-state index < -0.39 is 0 Å². The lowest BCUT2D eigenvalue weighted by atomic mass is 9.79. The van der Waals surface area contributed by atoms with E-state index in [1.807, 2.05) is 7.05 Å². The zero-order chi connectivity index (χ0) is 12.7. The van der Waals surface area contributed by atoms with Crippen LogP contribution in [0.2, 0.25) is 0 Å². The van der Waals surface area contributed by atoms with Crippen LogP contribution < -0.4 is 0 Å². The Kier molecular flexibility index (Phi) is 6.11. The van der Waals surface area contributed by atoms with Gasteiger partial charge in [-0.1, -0.05) is 32.1 Å². The van der Waals surface area contributed by atoms with Gasteiger partial charge in [0.05, 0.1) is 6.54 Å². The van der Waals surface area contributed by atoms with Gasteiger partial charge in [-0.25, -0.2) is 0 Å². The summed E-state index contributed by atoms with van der Waals surface area (Å²) < 4.78 is 0. The molecule has 0 atom stereocenters. The molecule has 0 spiro atoms. The number of unbranched alkanes of at least 4 members (excludes halogenated alkanes) is 1. The van der Waals surface area contributed by atoms with Crippen LogP contribution in [0.15, 0.2) is 0 Å². The third kappa shape index (κ3) is 4.42. The molecule has 0 N–H and O–H groups in total. The van der Waals surface area contributed by atoms with E-state index in [0.29, 0.717) is 6.54 Å². The molecule has 96 valence electrons. The molecule has 0 aliphatic heterocycles. The molecule has 1 fully saturated rings. The highest BCUT2D eigenvalue weighted by Crippen LogP contribution is 2.32. The molecule has 1 amide bonds. The van der Waals surface area contributed by atoms with Crippen molar-refractivity contribution in [2.24, 2.45) is 11.8 Å². The summed E-state index contributed by atoms with van der Waals surface area (Å²) in [7, 11) is 1.81. The highest BCUT2D eigenvalue weighted by atomic mass is 16.2. The summed E-state index contributed by atoms with van der Waals surface area (Å²) in [5.41, 5.74) is 0. The minimum atomic E-state index is 0.228. The number of nitrogens with zero attached hydrogens (tertiary/aromatic N) is 1. The Bertz CT molecular complexity index is 271. The van der Waals surface area contributed by atoms with Crippen LogP contribution in [0.1, 0.15) is 51.9 Å². The molecule has 0 radical (unpaired) electrons. The topological polar surface area (TPSA) is 20.3 Å². The molecule has 0 aromatic rings. The molecule has 0 heterocycles. The van der Waals surface area contributed by atoms with Gasteiger partial charge in [0.2, 0.25) is 5.91 Å². The van der Waals surface area contributed by atoms with Crippen LogP contribution in [-0.2, 0) is 4.79 Å². The molecule has 0 saturated heterocycles. The minimum Gasteiger partial charge on any atom is -0.334 e. The second kappa shape index (κ2) is 7.37. The van der Waals surface area contributed by atoms with Crippen LogP contribution >= 0.6 is 0 Å². The van der Waals surface area contributed by atoms with Crippen molar-refractivity contribution in [1.82, 2.24) is 4.90 Å². The Balaban J connectivity index is 2.31. The number of hydrogen-bond acceptors (Lipinski definition) is 1. The summed E-state index contributed by atoms with van der Waals surface area (Å²) in [6, 6.07) is 0. The van der Waals surface area contributed by atoms with Crippen LogP contribution in [0.4, 0.5) is 0 Å². The van der Waals surface area contributed by atoms with Crippen molar-refractivity contribution in [3.05, 3.63) is 0 Å². The third-order valence-electron chi connectivity index (χ3n) is 3.87. The number of carbonyl (C=O) groups is 1. The molecule has 0 unspecified atom stereocenters. The summed E-state index contributed by atoms with van der Waals surface area (Å²) >= 11 is 0. The van der Waals surface area contributed by atoms with Crippen LogP contribution in [0, 0.1) is 24.2 Å². The first-order valence-electron chi connectivity index (χ1n) is 6.87. The van der Waals surface area contributed by atoms with E-state index in [1.54, 1.807) is 4.90 Å². The Morgan fingerprint density at radius 1 is 1.35 bits per heavy atom. The Labute approximate surface area is 106 Å². The number of amides is 1. The summed E-state index contributed by atoms with van der Waals surface area (Å²) in [5, 5.41) is 0. The van der Waals surface area contributed by atoms with E-state index >= 15 is 0 Å². The van der Waals surface area contributed by atoms with Crippen LogP contribution in [0.5, 0.6) is 0 Å². The van der Waals surface area contributed by atoms with Gasteiger partial charge in [-0.3, -0.25) is 4.79 Å². The summed E-state index contributed by atoms with van der Waals surface area (Å²) in [6.45, 7) is 2.68. The standard InChI is InChI=1S/C15H25NO/c1-4-6-7-13-8-10-14(11-9-13)15(17)16(3)12-5-2/h2,13-14H,4,6-12H2,1,3H3. The summed E-state index contributed by atoms with van der Waals surface area (Å²) in [5.74, 6) is 3.86. The molecule has 17 heavy (non-hydrogen) atoms. The van der Waals surface area contributed by atoms with Gasteiger partial charge in [0.15, 0.2) is 0 Å². The van der Waals surface area contributed by atoms with Crippen molar-refractivity contribution in [1.29, 1.82) is 0 Å². The molecule has 1 rings (SSSR count). The van der Waals surface area contributed by atoms with Gasteiger partial charge in [0, 0.05) is 13.0 Å². The Morgan fingerprint density at radius 3 is 2.53 bits per heavy atom. The van der Waals surface area contributed by atoms with E-state index in [-0.39, 0.29) is 11.8 Å². The average Bonchev–Trinajstić information content (AvgIpc) is 2.36. The zero-order valence-corrected chi connectivity index (χ0v) is 11.2. The summed E-state index contributed by atoms with van der Waals surface area (Å²) in [4.78, 5) is 13.7. The molecule has 0 aromatic carbocycles.